The first-order chi connectivity index (χ1) is 12.3. The Morgan fingerprint density at radius 1 is 1.19 bits per heavy atom. The molecule has 0 unspecified atom stereocenters. The van der Waals surface area contributed by atoms with E-state index in [1.807, 2.05) is 6.08 Å². The van der Waals surface area contributed by atoms with Crippen molar-refractivity contribution in [2.75, 3.05) is 0 Å². The molecule has 0 aliphatic heterocycles. The number of fused-ring (bicyclic) bond motifs is 4. The van der Waals surface area contributed by atoms with Crippen molar-refractivity contribution in [1.82, 2.24) is 0 Å². The third-order valence-electron chi connectivity index (χ3n) is 8.23. The summed E-state index contributed by atoms with van der Waals surface area (Å²) in [6.07, 6.45) is 14.1. The molecule has 4 rings (SSSR count). The molecule has 144 valence electrons. The first kappa shape index (κ1) is 18.5. The molecule has 0 aromatic heterocycles. The highest BCUT2D eigenvalue weighted by atomic mass is 16.3. The molecule has 1 N–H and O–H groups in total. The van der Waals surface area contributed by atoms with E-state index in [1.54, 1.807) is 11.1 Å². The largest absolute Gasteiger partial charge is 0.393 e. The average Bonchev–Trinajstić information content (AvgIpc) is 2.90. The van der Waals surface area contributed by atoms with Gasteiger partial charge in [0, 0.05) is 6.42 Å². The van der Waals surface area contributed by atoms with Gasteiger partial charge in [-0.3, -0.25) is 4.79 Å². The van der Waals surface area contributed by atoms with Crippen molar-refractivity contribution >= 4 is 5.78 Å². The first-order valence-corrected chi connectivity index (χ1v) is 11.0. The van der Waals surface area contributed by atoms with E-state index in [1.165, 1.54) is 37.7 Å². The van der Waals surface area contributed by atoms with E-state index in [9.17, 15) is 9.90 Å². The fourth-order valence-electron chi connectivity index (χ4n) is 6.93. The van der Waals surface area contributed by atoms with Gasteiger partial charge in [0.25, 0.3) is 0 Å². The fraction of sp³-hybridized carbons (Fsp3) is 0.792. The summed E-state index contributed by atoms with van der Waals surface area (Å²) in [4.78, 5) is 11.9. The van der Waals surface area contributed by atoms with Crippen molar-refractivity contribution in [2.24, 2.45) is 22.7 Å². The van der Waals surface area contributed by atoms with Crippen molar-refractivity contribution in [2.45, 2.75) is 97.5 Å². The van der Waals surface area contributed by atoms with Crippen LogP contribution < -0.4 is 0 Å². The molecular weight excluding hydrogens is 320 g/mol. The fourth-order valence-corrected chi connectivity index (χ4v) is 6.93. The van der Waals surface area contributed by atoms with Crippen molar-refractivity contribution in [3.05, 3.63) is 22.8 Å². The number of ketones is 1. The van der Waals surface area contributed by atoms with Gasteiger partial charge in [0.05, 0.1) is 6.10 Å². The van der Waals surface area contributed by atoms with Crippen LogP contribution in [-0.4, -0.2) is 17.0 Å². The summed E-state index contributed by atoms with van der Waals surface area (Å²) in [6.45, 7) is 7.11. The smallest absolute Gasteiger partial charge is 0.155 e. The third kappa shape index (κ3) is 2.93. The minimum Gasteiger partial charge on any atom is -0.393 e. The van der Waals surface area contributed by atoms with Crippen LogP contribution in [0, 0.1) is 22.7 Å². The summed E-state index contributed by atoms with van der Waals surface area (Å²) < 4.78 is 0. The van der Waals surface area contributed by atoms with Gasteiger partial charge in [0.1, 0.15) is 0 Å². The van der Waals surface area contributed by atoms with Gasteiger partial charge in [0.15, 0.2) is 5.78 Å². The Hall–Kier alpha value is -0.890. The van der Waals surface area contributed by atoms with Crippen LogP contribution in [0.15, 0.2) is 22.8 Å². The van der Waals surface area contributed by atoms with Gasteiger partial charge >= 0.3 is 0 Å². The van der Waals surface area contributed by atoms with Crippen molar-refractivity contribution in [3.8, 4) is 0 Å². The molecule has 2 saturated carbocycles. The standard InChI is InChI=1S/C24H36O2/c1-16(2)5-4-10-24-12-11-23(3)20-9-7-18(25)13-17(20)6-8-21(23)22(24)14-19(26)15-24/h13,16,19-20,26H,4-12,14-15H2,1-3H3/t19-,20+,23-,24-/m1/s1. The number of allylic oxidation sites excluding steroid dienone is 3. The lowest BCUT2D eigenvalue weighted by molar-refractivity contribution is -0.115. The first-order valence-electron chi connectivity index (χ1n) is 11.0. The molecule has 26 heavy (non-hydrogen) atoms. The van der Waals surface area contributed by atoms with Crippen LogP contribution in [0.3, 0.4) is 0 Å². The Kier molecular flexibility index (Phi) is 4.70. The van der Waals surface area contributed by atoms with Crippen LogP contribution in [0.5, 0.6) is 0 Å². The highest BCUT2D eigenvalue weighted by Crippen LogP contribution is 2.65. The maximum Gasteiger partial charge on any atom is 0.155 e. The second-order valence-electron chi connectivity index (χ2n) is 10.3. The molecule has 4 aliphatic carbocycles. The van der Waals surface area contributed by atoms with E-state index in [0.717, 1.165) is 44.4 Å². The number of aliphatic hydroxyl groups excluding tert-OH is 1. The molecule has 2 nitrogen and oxygen atoms in total. The van der Waals surface area contributed by atoms with Crippen LogP contribution in [0.2, 0.25) is 0 Å². The molecule has 0 saturated heterocycles. The highest BCUT2D eigenvalue weighted by molar-refractivity contribution is 5.91. The minimum absolute atomic E-state index is 0.135. The van der Waals surface area contributed by atoms with E-state index in [4.69, 9.17) is 0 Å². The number of aliphatic hydroxyl groups is 1. The molecule has 0 radical (unpaired) electrons. The number of hydrogen-bond donors (Lipinski definition) is 1. The summed E-state index contributed by atoms with van der Waals surface area (Å²) in [5, 5.41) is 10.6. The van der Waals surface area contributed by atoms with Crippen molar-refractivity contribution in [1.29, 1.82) is 0 Å². The topological polar surface area (TPSA) is 37.3 Å². The van der Waals surface area contributed by atoms with E-state index in [-0.39, 0.29) is 16.9 Å². The highest BCUT2D eigenvalue weighted by Gasteiger charge is 2.54. The zero-order chi connectivity index (χ0) is 18.5. The van der Waals surface area contributed by atoms with E-state index in [0.29, 0.717) is 11.7 Å². The maximum atomic E-state index is 11.9. The lowest BCUT2D eigenvalue weighted by Gasteiger charge is -2.53. The zero-order valence-corrected chi connectivity index (χ0v) is 16.9. The summed E-state index contributed by atoms with van der Waals surface area (Å²) in [6, 6.07) is 0. The molecule has 0 aromatic rings. The number of rotatable bonds is 4. The van der Waals surface area contributed by atoms with Crippen molar-refractivity contribution < 1.29 is 9.90 Å². The molecule has 4 aliphatic rings. The molecule has 4 atom stereocenters. The predicted molar refractivity (Wildman–Crippen MR) is 106 cm³/mol. The van der Waals surface area contributed by atoms with Gasteiger partial charge in [-0.25, -0.2) is 0 Å². The number of carbonyl (C=O) groups is 1. The summed E-state index contributed by atoms with van der Waals surface area (Å²) >= 11 is 0. The quantitative estimate of drug-likeness (QED) is 0.651. The van der Waals surface area contributed by atoms with Crippen LogP contribution >= 0.6 is 0 Å². The monoisotopic (exact) mass is 356 g/mol. The van der Waals surface area contributed by atoms with Gasteiger partial charge in [-0.2, -0.15) is 0 Å². The minimum atomic E-state index is -0.135. The summed E-state index contributed by atoms with van der Waals surface area (Å²) in [5.74, 6) is 1.68. The van der Waals surface area contributed by atoms with E-state index in [2.05, 4.69) is 20.8 Å². The Bertz CT molecular complexity index is 655. The Morgan fingerprint density at radius 3 is 2.77 bits per heavy atom. The lowest BCUT2D eigenvalue weighted by Crippen LogP contribution is -2.43. The average molecular weight is 357 g/mol. The lowest BCUT2D eigenvalue weighted by atomic mass is 9.51. The van der Waals surface area contributed by atoms with Crippen LogP contribution in [0.4, 0.5) is 0 Å². The van der Waals surface area contributed by atoms with Gasteiger partial charge in [-0.05, 0) is 80.1 Å². The third-order valence-corrected chi connectivity index (χ3v) is 8.23. The second-order valence-corrected chi connectivity index (χ2v) is 10.3. The SMILES string of the molecule is CC(C)CCC[C@]12CC[C@@]3(C)C(=C1C[C@@H](O)C2)CCC1=CC(=O)CC[C@@H]13. The van der Waals surface area contributed by atoms with Gasteiger partial charge in [-0.1, -0.05) is 50.3 Å². The molecule has 0 bridgehead atoms. The van der Waals surface area contributed by atoms with E-state index >= 15 is 0 Å². The van der Waals surface area contributed by atoms with Crippen LogP contribution in [0.1, 0.15) is 91.4 Å². The molecule has 2 heteroatoms. The van der Waals surface area contributed by atoms with Gasteiger partial charge in [-0.15, -0.1) is 0 Å². The Morgan fingerprint density at radius 2 is 2.00 bits per heavy atom. The second kappa shape index (κ2) is 6.62. The predicted octanol–water partition coefficient (Wildman–Crippen LogP) is 5.75. The van der Waals surface area contributed by atoms with E-state index < -0.39 is 0 Å². The summed E-state index contributed by atoms with van der Waals surface area (Å²) in [7, 11) is 0. The van der Waals surface area contributed by atoms with Gasteiger partial charge in [0.2, 0.25) is 0 Å². The molecule has 0 aromatic carbocycles. The normalized spacial score (nSPS) is 39.6. The van der Waals surface area contributed by atoms with Gasteiger partial charge < -0.3 is 5.11 Å². The Labute approximate surface area is 159 Å². The van der Waals surface area contributed by atoms with Crippen molar-refractivity contribution in [3.63, 3.8) is 0 Å². The Balaban J connectivity index is 1.68. The maximum absolute atomic E-state index is 11.9. The van der Waals surface area contributed by atoms with Crippen LogP contribution in [0.25, 0.3) is 0 Å². The number of hydrogen-bond acceptors (Lipinski definition) is 2. The summed E-state index contributed by atoms with van der Waals surface area (Å²) in [5.41, 5.74) is 5.30. The molecular formula is C24H36O2. The molecule has 0 amide bonds. The van der Waals surface area contributed by atoms with Crippen LogP contribution in [-0.2, 0) is 4.79 Å². The molecule has 2 fully saturated rings. The molecule has 0 spiro atoms. The zero-order valence-electron chi connectivity index (χ0n) is 16.9. The number of carbonyl (C=O) groups excluding carboxylic acids is 1. The molecule has 0 heterocycles.